The van der Waals surface area contributed by atoms with Crippen molar-refractivity contribution in [2.24, 2.45) is 0 Å². The summed E-state index contributed by atoms with van der Waals surface area (Å²) in [6.07, 6.45) is 0.981. The van der Waals surface area contributed by atoms with Gasteiger partial charge in [-0.05, 0) is 36.5 Å². The lowest BCUT2D eigenvalue weighted by Gasteiger charge is -2.28. The van der Waals surface area contributed by atoms with Gasteiger partial charge in [-0.2, -0.15) is 0 Å². The topological polar surface area (TPSA) is 52.9 Å². The maximum atomic E-state index is 13.5. The first-order valence-corrected chi connectivity index (χ1v) is 6.86. The van der Waals surface area contributed by atoms with Gasteiger partial charge < -0.3 is 14.8 Å². The number of halogens is 1. The average Bonchev–Trinajstić information content (AvgIpc) is 2.41. The van der Waals surface area contributed by atoms with Crippen molar-refractivity contribution in [2.75, 3.05) is 20.3 Å². The number of rotatable bonds is 8. The Kier molecular flexibility index (Phi) is 7.16. The Labute approximate surface area is 120 Å². The minimum atomic E-state index is -1.65. The maximum Gasteiger partial charge on any atom is 0.488 e. The third-order valence-corrected chi connectivity index (χ3v) is 3.46. The minimum absolute atomic E-state index is 0.177. The van der Waals surface area contributed by atoms with Crippen molar-refractivity contribution in [1.82, 2.24) is 4.90 Å². The van der Waals surface area contributed by atoms with Crippen LogP contribution in [0.5, 0.6) is 0 Å². The van der Waals surface area contributed by atoms with E-state index in [0.29, 0.717) is 19.2 Å². The molecule has 0 heterocycles. The van der Waals surface area contributed by atoms with Crippen LogP contribution in [-0.2, 0) is 11.3 Å². The summed E-state index contributed by atoms with van der Waals surface area (Å²) < 4.78 is 18.6. The summed E-state index contributed by atoms with van der Waals surface area (Å²) in [5.41, 5.74) is 0.903. The first kappa shape index (κ1) is 17.1. The molecule has 1 atom stereocenters. The molecular formula is C14H23BFNO3. The van der Waals surface area contributed by atoms with Crippen LogP contribution in [0.2, 0.25) is 0 Å². The molecule has 2 N–H and O–H groups in total. The van der Waals surface area contributed by atoms with Crippen molar-refractivity contribution in [2.45, 2.75) is 32.9 Å². The first-order chi connectivity index (χ1) is 9.47. The van der Waals surface area contributed by atoms with Gasteiger partial charge in [0.05, 0.1) is 6.61 Å². The largest absolute Gasteiger partial charge is 0.488 e. The van der Waals surface area contributed by atoms with E-state index in [4.69, 9.17) is 14.8 Å². The fourth-order valence-corrected chi connectivity index (χ4v) is 2.07. The van der Waals surface area contributed by atoms with Crippen LogP contribution in [0, 0.1) is 5.82 Å². The number of ether oxygens (including phenoxy) is 1. The Morgan fingerprint density at radius 1 is 1.35 bits per heavy atom. The van der Waals surface area contributed by atoms with Crippen LogP contribution < -0.4 is 5.46 Å². The number of hydrogen-bond acceptors (Lipinski definition) is 4. The Hall–Kier alpha value is -0.945. The molecule has 0 amide bonds. The zero-order chi connectivity index (χ0) is 15.1. The number of methoxy groups -OCH3 is 1. The zero-order valence-corrected chi connectivity index (χ0v) is 12.3. The molecule has 4 nitrogen and oxygen atoms in total. The van der Waals surface area contributed by atoms with Gasteiger partial charge in [-0.3, -0.25) is 4.90 Å². The molecule has 0 radical (unpaired) electrons. The average molecular weight is 283 g/mol. The molecule has 0 aliphatic heterocycles. The van der Waals surface area contributed by atoms with Crippen molar-refractivity contribution in [3.05, 3.63) is 29.6 Å². The lowest BCUT2D eigenvalue weighted by molar-refractivity contribution is 0.118. The highest BCUT2D eigenvalue weighted by Crippen LogP contribution is 2.11. The first-order valence-electron chi connectivity index (χ1n) is 6.86. The van der Waals surface area contributed by atoms with Crippen molar-refractivity contribution < 1.29 is 19.2 Å². The summed E-state index contributed by atoms with van der Waals surface area (Å²) in [6.45, 7) is 6.11. The predicted molar refractivity (Wildman–Crippen MR) is 78.3 cm³/mol. The molecule has 0 saturated heterocycles. The van der Waals surface area contributed by atoms with Crippen LogP contribution in [0.3, 0.4) is 0 Å². The summed E-state index contributed by atoms with van der Waals surface area (Å²) in [5, 5.41) is 18.3. The van der Waals surface area contributed by atoms with E-state index in [9.17, 15) is 4.39 Å². The number of benzene rings is 1. The molecule has 1 unspecified atom stereocenters. The van der Waals surface area contributed by atoms with Gasteiger partial charge in [-0.1, -0.05) is 13.0 Å². The highest BCUT2D eigenvalue weighted by Gasteiger charge is 2.16. The van der Waals surface area contributed by atoms with Crippen LogP contribution >= 0.6 is 0 Å². The van der Waals surface area contributed by atoms with Crippen LogP contribution in [0.4, 0.5) is 4.39 Å². The van der Waals surface area contributed by atoms with Crippen molar-refractivity contribution in [3.8, 4) is 0 Å². The van der Waals surface area contributed by atoms with E-state index >= 15 is 0 Å². The van der Waals surface area contributed by atoms with E-state index < -0.39 is 12.9 Å². The van der Waals surface area contributed by atoms with Gasteiger partial charge in [0, 0.05) is 26.2 Å². The van der Waals surface area contributed by atoms with Crippen molar-refractivity contribution in [3.63, 3.8) is 0 Å². The molecule has 0 saturated carbocycles. The smallest absolute Gasteiger partial charge is 0.423 e. The standard InChI is InChI=1S/C14H23BFNO3/c1-4-11(2)17(5-6-20-3)10-12-7-13(15(18)19)9-14(16)8-12/h7-9,11,18-19H,4-6,10H2,1-3H3. The molecule has 1 rings (SSSR count). The number of hydrogen-bond donors (Lipinski definition) is 2. The maximum absolute atomic E-state index is 13.5. The summed E-state index contributed by atoms with van der Waals surface area (Å²) >= 11 is 0. The Morgan fingerprint density at radius 2 is 2.05 bits per heavy atom. The van der Waals surface area contributed by atoms with E-state index in [2.05, 4.69) is 18.7 Å². The Morgan fingerprint density at radius 3 is 2.60 bits per heavy atom. The molecule has 0 aliphatic rings. The van der Waals surface area contributed by atoms with Crippen molar-refractivity contribution in [1.29, 1.82) is 0 Å². The number of nitrogens with zero attached hydrogens (tertiary/aromatic N) is 1. The summed E-state index contributed by atoms with van der Waals surface area (Å²) in [7, 11) is -0.00234. The van der Waals surface area contributed by atoms with Crippen LogP contribution in [0.1, 0.15) is 25.8 Å². The van der Waals surface area contributed by atoms with Gasteiger partial charge in [-0.25, -0.2) is 4.39 Å². The van der Waals surface area contributed by atoms with Crippen LogP contribution in [0.25, 0.3) is 0 Å². The highest BCUT2D eigenvalue weighted by molar-refractivity contribution is 6.58. The monoisotopic (exact) mass is 283 g/mol. The molecule has 0 bridgehead atoms. The van der Waals surface area contributed by atoms with Gasteiger partial charge in [0.1, 0.15) is 5.82 Å². The fourth-order valence-electron chi connectivity index (χ4n) is 2.07. The second-order valence-corrected chi connectivity index (χ2v) is 4.99. The molecule has 1 aromatic carbocycles. The highest BCUT2D eigenvalue weighted by atomic mass is 19.1. The van der Waals surface area contributed by atoms with E-state index in [1.807, 2.05) is 0 Å². The van der Waals surface area contributed by atoms with E-state index in [-0.39, 0.29) is 5.46 Å². The lowest BCUT2D eigenvalue weighted by atomic mass is 9.79. The van der Waals surface area contributed by atoms with Gasteiger partial charge in [0.2, 0.25) is 0 Å². The normalized spacial score (nSPS) is 12.8. The summed E-state index contributed by atoms with van der Waals surface area (Å²) in [4.78, 5) is 2.19. The Bertz CT molecular complexity index is 417. The third kappa shape index (κ3) is 5.21. The zero-order valence-electron chi connectivity index (χ0n) is 12.3. The molecule has 0 aromatic heterocycles. The van der Waals surface area contributed by atoms with E-state index in [0.717, 1.165) is 24.6 Å². The van der Waals surface area contributed by atoms with Gasteiger partial charge in [0.25, 0.3) is 0 Å². The molecule has 1 aromatic rings. The molecule has 20 heavy (non-hydrogen) atoms. The van der Waals surface area contributed by atoms with Crippen LogP contribution in [0.15, 0.2) is 18.2 Å². The third-order valence-electron chi connectivity index (χ3n) is 3.46. The quantitative estimate of drug-likeness (QED) is 0.691. The molecule has 0 aliphatic carbocycles. The molecule has 0 fully saturated rings. The molecule has 6 heteroatoms. The van der Waals surface area contributed by atoms with E-state index in [1.165, 1.54) is 6.07 Å². The fraction of sp³-hybridized carbons (Fsp3) is 0.571. The summed E-state index contributed by atoms with van der Waals surface area (Å²) in [6, 6.07) is 4.52. The lowest BCUT2D eigenvalue weighted by Crippen LogP contribution is -2.36. The molecular weight excluding hydrogens is 260 g/mol. The SMILES string of the molecule is CCC(C)N(CCOC)Cc1cc(F)cc(B(O)O)c1. The van der Waals surface area contributed by atoms with E-state index in [1.54, 1.807) is 13.2 Å². The van der Waals surface area contributed by atoms with Gasteiger partial charge in [-0.15, -0.1) is 0 Å². The van der Waals surface area contributed by atoms with Crippen molar-refractivity contribution >= 4 is 12.6 Å². The van der Waals surface area contributed by atoms with Gasteiger partial charge >= 0.3 is 7.12 Å². The predicted octanol–water partition coefficient (Wildman–Crippen LogP) is 0.752. The second-order valence-electron chi connectivity index (χ2n) is 4.99. The molecule has 0 spiro atoms. The molecule has 112 valence electrons. The van der Waals surface area contributed by atoms with Gasteiger partial charge in [0.15, 0.2) is 0 Å². The van der Waals surface area contributed by atoms with Crippen LogP contribution in [-0.4, -0.2) is 48.4 Å². The second kappa shape index (κ2) is 8.37. The summed E-state index contributed by atoms with van der Waals surface area (Å²) in [5.74, 6) is -0.457. The minimum Gasteiger partial charge on any atom is -0.423 e. The Balaban J connectivity index is 2.86.